The van der Waals surface area contributed by atoms with Gasteiger partial charge in [0.1, 0.15) is 0 Å². The Morgan fingerprint density at radius 1 is 1.29 bits per heavy atom. The summed E-state index contributed by atoms with van der Waals surface area (Å²) in [6.07, 6.45) is 0. The lowest BCUT2D eigenvalue weighted by Crippen LogP contribution is -2.22. The van der Waals surface area contributed by atoms with Gasteiger partial charge in [0.2, 0.25) is 0 Å². The van der Waals surface area contributed by atoms with Gasteiger partial charge in [-0.15, -0.1) is 11.8 Å². The lowest BCUT2D eigenvalue weighted by Gasteiger charge is -2.13. The van der Waals surface area contributed by atoms with E-state index in [2.05, 4.69) is 71.4 Å². The fourth-order valence-electron chi connectivity index (χ4n) is 2.26. The van der Waals surface area contributed by atoms with Crippen molar-refractivity contribution in [1.82, 2.24) is 15.1 Å². The summed E-state index contributed by atoms with van der Waals surface area (Å²) in [7, 11) is 2.00. The van der Waals surface area contributed by atoms with Crippen LogP contribution in [-0.4, -0.2) is 21.6 Å². The zero-order valence-corrected chi connectivity index (χ0v) is 15.4. The van der Waals surface area contributed by atoms with Gasteiger partial charge in [-0.1, -0.05) is 22.9 Å². The van der Waals surface area contributed by atoms with E-state index >= 15 is 0 Å². The Morgan fingerprint density at radius 3 is 2.52 bits per heavy atom. The smallest absolute Gasteiger partial charge is 0.0641 e. The third-order valence-corrected chi connectivity index (χ3v) is 5.19. The number of thioether (sulfide) groups is 1. The number of rotatable bonds is 6. The van der Waals surface area contributed by atoms with Crippen LogP contribution in [0.4, 0.5) is 0 Å². The molecule has 1 atom stereocenters. The Hall–Kier alpha value is -0.780. The molecule has 0 aliphatic carbocycles. The van der Waals surface area contributed by atoms with E-state index in [9.17, 15) is 0 Å². The van der Waals surface area contributed by atoms with Crippen LogP contribution in [0.1, 0.15) is 23.9 Å². The molecule has 1 N–H and O–H groups in total. The number of aryl methyl sites for hydroxylation is 2. The molecule has 1 aromatic carbocycles. The molecule has 0 radical (unpaired) electrons. The lowest BCUT2D eigenvalue weighted by atomic mass is 10.2. The van der Waals surface area contributed by atoms with Gasteiger partial charge in [-0.2, -0.15) is 5.10 Å². The average molecular weight is 368 g/mol. The lowest BCUT2D eigenvalue weighted by molar-refractivity contribution is 0.676. The predicted molar refractivity (Wildman–Crippen MR) is 93.8 cm³/mol. The fourth-order valence-corrected chi connectivity index (χ4v) is 3.48. The van der Waals surface area contributed by atoms with Crippen LogP contribution >= 0.6 is 27.7 Å². The molecule has 0 spiro atoms. The van der Waals surface area contributed by atoms with Gasteiger partial charge in [0.15, 0.2) is 0 Å². The van der Waals surface area contributed by atoms with Crippen LogP contribution in [0.2, 0.25) is 0 Å². The van der Waals surface area contributed by atoms with Crippen molar-refractivity contribution in [2.45, 2.75) is 37.5 Å². The highest BCUT2D eigenvalue weighted by molar-refractivity contribution is 9.10. The van der Waals surface area contributed by atoms with Crippen LogP contribution in [0, 0.1) is 13.8 Å². The molecule has 1 unspecified atom stereocenters. The quantitative estimate of drug-likeness (QED) is 0.780. The third kappa shape index (κ3) is 4.59. The van der Waals surface area contributed by atoms with Crippen molar-refractivity contribution in [3.05, 3.63) is 45.7 Å². The second-order valence-electron chi connectivity index (χ2n) is 5.29. The number of hydrogen-bond acceptors (Lipinski definition) is 3. The van der Waals surface area contributed by atoms with Gasteiger partial charge in [-0.3, -0.25) is 4.68 Å². The first-order valence-corrected chi connectivity index (χ1v) is 8.76. The van der Waals surface area contributed by atoms with Crippen LogP contribution in [-0.2, 0) is 13.6 Å². The Kier molecular flexibility index (Phi) is 5.90. The molecule has 0 saturated carbocycles. The molecule has 0 fully saturated rings. The summed E-state index contributed by atoms with van der Waals surface area (Å²) >= 11 is 5.36. The molecule has 2 aromatic rings. The minimum atomic E-state index is 0.531. The molecule has 1 aromatic heterocycles. The molecule has 0 bridgehead atoms. The molecule has 21 heavy (non-hydrogen) atoms. The molecule has 5 heteroatoms. The Labute approximate surface area is 139 Å². The van der Waals surface area contributed by atoms with Gasteiger partial charge in [0.25, 0.3) is 0 Å². The summed E-state index contributed by atoms with van der Waals surface area (Å²) < 4.78 is 3.08. The predicted octanol–water partition coefficient (Wildman–Crippen LogP) is 4.07. The van der Waals surface area contributed by atoms with E-state index in [0.717, 1.165) is 23.3 Å². The highest BCUT2D eigenvalue weighted by Gasteiger charge is 2.10. The molecule has 0 aliphatic rings. The summed E-state index contributed by atoms with van der Waals surface area (Å²) in [5, 5.41) is 8.53. The van der Waals surface area contributed by atoms with Gasteiger partial charge in [-0.25, -0.2) is 0 Å². The van der Waals surface area contributed by atoms with Gasteiger partial charge in [0, 0.05) is 46.0 Å². The minimum absolute atomic E-state index is 0.531. The highest BCUT2D eigenvalue weighted by atomic mass is 79.9. The Morgan fingerprint density at radius 2 is 1.95 bits per heavy atom. The SMILES string of the molecule is Cc1nn(C)c(C)c1CNCC(C)Sc1ccc(Br)cc1. The third-order valence-electron chi connectivity index (χ3n) is 3.54. The standard InChI is InChI=1S/C16H22BrN3S/c1-11(21-15-7-5-14(17)6-8-15)9-18-10-16-12(2)19-20(4)13(16)3/h5-8,11,18H,9-10H2,1-4H3. The fraction of sp³-hybridized carbons (Fsp3) is 0.438. The number of halogens is 1. The van der Waals surface area contributed by atoms with Crippen molar-refractivity contribution in [2.24, 2.45) is 7.05 Å². The van der Waals surface area contributed by atoms with Crippen LogP contribution in [0.25, 0.3) is 0 Å². The molecule has 0 saturated heterocycles. The van der Waals surface area contributed by atoms with E-state index in [4.69, 9.17) is 0 Å². The zero-order chi connectivity index (χ0) is 15.4. The maximum absolute atomic E-state index is 4.45. The van der Waals surface area contributed by atoms with Crippen molar-refractivity contribution in [1.29, 1.82) is 0 Å². The van der Waals surface area contributed by atoms with E-state index in [1.807, 2.05) is 23.5 Å². The van der Waals surface area contributed by atoms with E-state index in [-0.39, 0.29) is 0 Å². The van der Waals surface area contributed by atoms with E-state index in [0.29, 0.717) is 5.25 Å². The highest BCUT2D eigenvalue weighted by Crippen LogP contribution is 2.24. The molecule has 3 nitrogen and oxygen atoms in total. The maximum atomic E-state index is 4.45. The van der Waals surface area contributed by atoms with Crippen LogP contribution < -0.4 is 5.32 Å². The summed E-state index contributed by atoms with van der Waals surface area (Å²) in [6.45, 7) is 8.31. The summed E-state index contributed by atoms with van der Waals surface area (Å²) in [6, 6.07) is 8.48. The van der Waals surface area contributed by atoms with Gasteiger partial charge < -0.3 is 5.32 Å². The van der Waals surface area contributed by atoms with Gasteiger partial charge in [-0.05, 0) is 38.1 Å². The maximum Gasteiger partial charge on any atom is 0.0641 e. The molecule has 0 amide bonds. The first kappa shape index (κ1) is 16.6. The monoisotopic (exact) mass is 367 g/mol. The van der Waals surface area contributed by atoms with Crippen molar-refractivity contribution in [3.63, 3.8) is 0 Å². The van der Waals surface area contributed by atoms with Crippen molar-refractivity contribution < 1.29 is 0 Å². The minimum Gasteiger partial charge on any atom is -0.311 e. The Balaban J connectivity index is 1.81. The second-order valence-corrected chi connectivity index (χ2v) is 7.71. The van der Waals surface area contributed by atoms with Crippen LogP contribution in [0.5, 0.6) is 0 Å². The molecular formula is C16H22BrN3S. The summed E-state index contributed by atoms with van der Waals surface area (Å²) in [5.41, 5.74) is 3.68. The first-order chi connectivity index (χ1) is 9.97. The summed E-state index contributed by atoms with van der Waals surface area (Å²) in [4.78, 5) is 1.31. The Bertz CT molecular complexity index is 592. The zero-order valence-electron chi connectivity index (χ0n) is 13.0. The topological polar surface area (TPSA) is 29.9 Å². The normalized spacial score (nSPS) is 12.6. The number of benzene rings is 1. The first-order valence-electron chi connectivity index (χ1n) is 7.09. The number of nitrogens with zero attached hydrogens (tertiary/aromatic N) is 2. The van der Waals surface area contributed by atoms with Gasteiger partial charge >= 0.3 is 0 Å². The number of aromatic nitrogens is 2. The number of hydrogen-bond donors (Lipinski definition) is 1. The summed E-state index contributed by atoms with van der Waals surface area (Å²) in [5.74, 6) is 0. The van der Waals surface area contributed by atoms with Crippen molar-refractivity contribution >= 4 is 27.7 Å². The second kappa shape index (κ2) is 7.47. The molecule has 0 aliphatic heterocycles. The molecule has 114 valence electrons. The van der Waals surface area contributed by atoms with Crippen molar-refractivity contribution in [3.8, 4) is 0 Å². The van der Waals surface area contributed by atoms with Crippen LogP contribution in [0.15, 0.2) is 33.6 Å². The average Bonchev–Trinajstić information content (AvgIpc) is 2.68. The van der Waals surface area contributed by atoms with E-state index < -0.39 is 0 Å². The van der Waals surface area contributed by atoms with Crippen molar-refractivity contribution in [2.75, 3.05) is 6.54 Å². The van der Waals surface area contributed by atoms with Gasteiger partial charge in [0.05, 0.1) is 5.69 Å². The molecular weight excluding hydrogens is 346 g/mol. The van der Waals surface area contributed by atoms with E-state index in [1.54, 1.807) is 0 Å². The molecule has 2 rings (SSSR count). The van der Waals surface area contributed by atoms with E-state index in [1.165, 1.54) is 16.2 Å². The van der Waals surface area contributed by atoms with Crippen LogP contribution in [0.3, 0.4) is 0 Å². The molecule has 1 heterocycles. The largest absolute Gasteiger partial charge is 0.311 e. The number of nitrogens with one attached hydrogen (secondary N) is 1.